The van der Waals surface area contributed by atoms with E-state index in [2.05, 4.69) is 18.4 Å². The number of rotatable bonds is 9. The zero-order valence-electron chi connectivity index (χ0n) is 17.9. The van der Waals surface area contributed by atoms with Gasteiger partial charge in [-0.3, -0.25) is 4.79 Å². The molecule has 0 aliphatic carbocycles. The molecule has 1 aliphatic rings. The number of hydrogen-bond acceptors (Lipinski definition) is 4. The van der Waals surface area contributed by atoms with Crippen LogP contribution in [0.25, 0.3) is 0 Å². The molecule has 1 aromatic heterocycles. The van der Waals surface area contributed by atoms with Crippen molar-refractivity contribution in [1.29, 1.82) is 0 Å². The average molecular weight is 419 g/mol. The molecule has 0 bridgehead atoms. The van der Waals surface area contributed by atoms with E-state index in [4.69, 9.17) is 21.3 Å². The summed E-state index contributed by atoms with van der Waals surface area (Å²) in [6.07, 6.45) is 6.72. The van der Waals surface area contributed by atoms with Crippen LogP contribution in [-0.2, 0) is 13.0 Å². The van der Waals surface area contributed by atoms with Gasteiger partial charge in [0, 0.05) is 26.1 Å². The summed E-state index contributed by atoms with van der Waals surface area (Å²) >= 11 is 6.54. The highest BCUT2D eigenvalue weighted by atomic mass is 35.5. The molecule has 0 N–H and O–H groups in total. The Morgan fingerprint density at radius 1 is 1.17 bits per heavy atom. The molecule has 0 radical (unpaired) electrons. The Hall–Kier alpha value is -2.21. The molecule has 0 saturated carbocycles. The van der Waals surface area contributed by atoms with Crippen molar-refractivity contribution in [2.75, 3.05) is 25.7 Å². The first kappa shape index (κ1) is 21.5. The number of hydrogen-bond donors (Lipinski definition) is 0. The molecule has 7 heteroatoms. The summed E-state index contributed by atoms with van der Waals surface area (Å²) in [7, 11) is 3.44. The van der Waals surface area contributed by atoms with Gasteiger partial charge in [-0.1, -0.05) is 51.1 Å². The molecular weight excluding hydrogens is 388 g/mol. The van der Waals surface area contributed by atoms with Crippen molar-refractivity contribution < 1.29 is 9.53 Å². The van der Waals surface area contributed by atoms with Crippen molar-refractivity contribution in [2.45, 2.75) is 58.9 Å². The first-order valence-corrected chi connectivity index (χ1v) is 10.9. The second-order valence-electron chi connectivity index (χ2n) is 7.51. The number of anilines is 2. The first-order chi connectivity index (χ1) is 14.0. The molecular formula is C22H31ClN4O2. The topological polar surface area (TPSA) is 50.6 Å². The largest absolute Gasteiger partial charge is 0.497 e. The van der Waals surface area contributed by atoms with Crippen LogP contribution in [0.5, 0.6) is 5.75 Å². The summed E-state index contributed by atoms with van der Waals surface area (Å²) in [4.78, 5) is 21.7. The Balaban J connectivity index is 1.97. The van der Waals surface area contributed by atoms with E-state index >= 15 is 0 Å². The van der Waals surface area contributed by atoms with Gasteiger partial charge < -0.3 is 19.1 Å². The molecule has 2 aromatic rings. The van der Waals surface area contributed by atoms with E-state index in [1.807, 2.05) is 24.1 Å². The third-order valence-corrected chi connectivity index (χ3v) is 5.74. The fourth-order valence-corrected chi connectivity index (χ4v) is 4.09. The lowest BCUT2D eigenvalue weighted by atomic mass is 10.1. The SMILES string of the molecule is CCCCCCCn1c(CC)nc2c1C(=O)N(C)CN2c1ccc(OC)cc1Cl. The van der Waals surface area contributed by atoms with Crippen LogP contribution in [0.4, 0.5) is 11.5 Å². The summed E-state index contributed by atoms with van der Waals surface area (Å²) in [5, 5.41) is 0.574. The van der Waals surface area contributed by atoms with Crippen LogP contribution in [0.3, 0.4) is 0 Å². The zero-order chi connectivity index (χ0) is 21.0. The van der Waals surface area contributed by atoms with Gasteiger partial charge in [0.15, 0.2) is 11.5 Å². The van der Waals surface area contributed by atoms with Gasteiger partial charge in [0.25, 0.3) is 5.91 Å². The minimum Gasteiger partial charge on any atom is -0.497 e. The van der Waals surface area contributed by atoms with E-state index in [0.717, 1.165) is 30.9 Å². The number of methoxy groups -OCH3 is 1. The molecule has 1 aliphatic heterocycles. The highest BCUT2D eigenvalue weighted by Crippen LogP contribution is 2.38. The Morgan fingerprint density at radius 3 is 2.59 bits per heavy atom. The number of carbonyl (C=O) groups is 1. The fraction of sp³-hybridized carbons (Fsp3) is 0.545. The predicted octanol–water partition coefficient (Wildman–Crippen LogP) is 5.26. The van der Waals surface area contributed by atoms with Gasteiger partial charge in [0.1, 0.15) is 11.6 Å². The van der Waals surface area contributed by atoms with Crippen molar-refractivity contribution in [3.05, 3.63) is 34.7 Å². The highest BCUT2D eigenvalue weighted by Gasteiger charge is 2.35. The molecule has 0 unspecified atom stereocenters. The van der Waals surface area contributed by atoms with Crippen molar-refractivity contribution >= 4 is 29.0 Å². The van der Waals surface area contributed by atoms with Crippen LogP contribution in [0.2, 0.25) is 5.02 Å². The summed E-state index contributed by atoms with van der Waals surface area (Å²) in [6, 6.07) is 5.59. The third-order valence-electron chi connectivity index (χ3n) is 5.43. The van der Waals surface area contributed by atoms with Crippen molar-refractivity contribution in [3.63, 3.8) is 0 Å². The molecule has 1 amide bonds. The summed E-state index contributed by atoms with van der Waals surface area (Å²) in [5.74, 6) is 2.36. The average Bonchev–Trinajstić information content (AvgIpc) is 3.09. The molecule has 158 valence electrons. The van der Waals surface area contributed by atoms with Gasteiger partial charge in [-0.05, 0) is 18.6 Å². The molecule has 0 spiro atoms. The number of ether oxygens (including phenoxy) is 1. The van der Waals surface area contributed by atoms with Crippen molar-refractivity contribution in [3.8, 4) is 5.75 Å². The Bertz CT molecular complexity index is 865. The maximum atomic E-state index is 13.0. The van der Waals surface area contributed by atoms with E-state index in [9.17, 15) is 4.79 Å². The number of amides is 1. The standard InChI is InChI=1S/C22H31ClN4O2/c1-5-7-8-9-10-13-26-19(6-2)24-21-20(26)22(28)25(3)15-27(21)18-12-11-16(29-4)14-17(18)23/h11-12,14H,5-10,13,15H2,1-4H3. The number of imidazole rings is 1. The van der Waals surface area contributed by atoms with Crippen LogP contribution in [0.15, 0.2) is 18.2 Å². The first-order valence-electron chi connectivity index (χ1n) is 10.5. The number of aromatic nitrogens is 2. The Kier molecular flexibility index (Phi) is 7.06. The van der Waals surface area contributed by atoms with E-state index < -0.39 is 0 Å². The predicted molar refractivity (Wildman–Crippen MR) is 117 cm³/mol. The lowest BCUT2D eigenvalue weighted by Crippen LogP contribution is -2.43. The number of benzene rings is 1. The maximum absolute atomic E-state index is 13.0. The maximum Gasteiger partial charge on any atom is 0.275 e. The Labute approximate surface area is 178 Å². The number of halogens is 1. The van der Waals surface area contributed by atoms with Crippen LogP contribution < -0.4 is 9.64 Å². The van der Waals surface area contributed by atoms with Gasteiger partial charge in [0.2, 0.25) is 0 Å². The summed E-state index contributed by atoms with van der Waals surface area (Å²) in [6.45, 7) is 5.53. The smallest absolute Gasteiger partial charge is 0.275 e. The minimum atomic E-state index is 0.0154. The monoisotopic (exact) mass is 418 g/mol. The van der Waals surface area contributed by atoms with Crippen LogP contribution in [0.1, 0.15) is 62.3 Å². The van der Waals surface area contributed by atoms with E-state index in [1.165, 1.54) is 25.7 Å². The highest BCUT2D eigenvalue weighted by molar-refractivity contribution is 6.33. The second kappa shape index (κ2) is 9.53. The third kappa shape index (κ3) is 4.37. The lowest BCUT2D eigenvalue weighted by molar-refractivity contribution is 0.0775. The zero-order valence-corrected chi connectivity index (χ0v) is 18.6. The molecule has 0 saturated heterocycles. The Morgan fingerprint density at radius 2 is 1.93 bits per heavy atom. The molecule has 3 rings (SSSR count). The van der Waals surface area contributed by atoms with Crippen LogP contribution in [-0.4, -0.2) is 41.2 Å². The van der Waals surface area contributed by atoms with Gasteiger partial charge in [0.05, 0.1) is 24.5 Å². The number of unbranched alkanes of at least 4 members (excludes halogenated alkanes) is 4. The van der Waals surface area contributed by atoms with E-state index in [1.54, 1.807) is 18.1 Å². The normalized spacial score (nSPS) is 13.8. The van der Waals surface area contributed by atoms with Gasteiger partial charge in [-0.25, -0.2) is 4.98 Å². The van der Waals surface area contributed by atoms with Gasteiger partial charge >= 0.3 is 0 Å². The lowest BCUT2D eigenvalue weighted by Gasteiger charge is -2.34. The second-order valence-corrected chi connectivity index (χ2v) is 7.92. The fourth-order valence-electron chi connectivity index (χ4n) is 3.82. The van der Waals surface area contributed by atoms with E-state index in [0.29, 0.717) is 29.0 Å². The molecule has 29 heavy (non-hydrogen) atoms. The number of fused-ring (bicyclic) bond motifs is 1. The molecule has 1 aromatic carbocycles. The van der Waals surface area contributed by atoms with Crippen LogP contribution >= 0.6 is 11.6 Å². The molecule has 2 heterocycles. The van der Waals surface area contributed by atoms with Crippen molar-refractivity contribution in [2.24, 2.45) is 0 Å². The number of carbonyl (C=O) groups excluding carboxylic acids is 1. The molecule has 0 atom stereocenters. The minimum absolute atomic E-state index is 0.0154. The van der Waals surface area contributed by atoms with E-state index in [-0.39, 0.29) is 5.91 Å². The van der Waals surface area contributed by atoms with Gasteiger partial charge in [-0.2, -0.15) is 0 Å². The molecule has 0 fully saturated rings. The van der Waals surface area contributed by atoms with Crippen molar-refractivity contribution in [1.82, 2.24) is 14.5 Å². The summed E-state index contributed by atoms with van der Waals surface area (Å²) < 4.78 is 7.39. The quantitative estimate of drug-likeness (QED) is 0.521. The summed E-state index contributed by atoms with van der Waals surface area (Å²) in [5.41, 5.74) is 1.49. The number of nitrogens with zero attached hydrogens (tertiary/aromatic N) is 4. The van der Waals surface area contributed by atoms with Crippen LogP contribution in [0, 0.1) is 0 Å². The molecule has 6 nitrogen and oxygen atoms in total. The van der Waals surface area contributed by atoms with Gasteiger partial charge in [-0.15, -0.1) is 0 Å². The number of aryl methyl sites for hydroxylation is 1.